The molecule has 2 aliphatic carbocycles. The minimum Gasteiger partial charge on any atom is -0.411 e. The van der Waals surface area contributed by atoms with E-state index in [9.17, 15) is 4.79 Å². The first kappa shape index (κ1) is 12.4. The Kier molecular flexibility index (Phi) is 3.99. The third kappa shape index (κ3) is 3.70. The zero-order valence-corrected chi connectivity index (χ0v) is 10.2. The van der Waals surface area contributed by atoms with Gasteiger partial charge in [-0.05, 0) is 45.4 Å². The van der Waals surface area contributed by atoms with Crippen molar-refractivity contribution in [2.75, 3.05) is 0 Å². The Morgan fingerprint density at radius 1 is 1.41 bits per heavy atom. The summed E-state index contributed by atoms with van der Waals surface area (Å²) in [5.74, 6) is -0.00544. The molecule has 1 atom stereocenters. The molecule has 0 heterocycles. The number of nitrogens with one attached hydrogen (secondary N) is 1. The van der Waals surface area contributed by atoms with Gasteiger partial charge in [0.2, 0.25) is 5.91 Å². The molecular weight excluding hydrogens is 220 g/mol. The average Bonchev–Trinajstić information content (AvgIpc) is 3.14. The lowest BCUT2D eigenvalue weighted by molar-refractivity contribution is -0.136. The predicted molar refractivity (Wildman–Crippen MR) is 63.2 cm³/mol. The highest BCUT2D eigenvalue weighted by Gasteiger charge is 2.28. The molecule has 17 heavy (non-hydrogen) atoms. The van der Waals surface area contributed by atoms with Gasteiger partial charge in [0, 0.05) is 6.04 Å². The molecule has 96 valence electrons. The van der Waals surface area contributed by atoms with Gasteiger partial charge >= 0.3 is 0 Å². The largest absolute Gasteiger partial charge is 0.411 e. The second-order valence-electron chi connectivity index (χ2n) is 4.93. The molecule has 0 saturated heterocycles. The van der Waals surface area contributed by atoms with E-state index >= 15 is 0 Å². The molecule has 2 fully saturated rings. The van der Waals surface area contributed by atoms with Crippen LogP contribution in [0.2, 0.25) is 0 Å². The van der Waals surface area contributed by atoms with E-state index in [1.165, 1.54) is 0 Å². The second-order valence-corrected chi connectivity index (χ2v) is 4.93. The van der Waals surface area contributed by atoms with Crippen molar-refractivity contribution in [3.05, 3.63) is 0 Å². The number of hydrogen-bond acceptors (Lipinski definition) is 4. The van der Waals surface area contributed by atoms with Gasteiger partial charge in [0.15, 0.2) is 0 Å². The van der Waals surface area contributed by atoms with Crippen molar-refractivity contribution in [2.24, 2.45) is 5.16 Å². The molecule has 2 aliphatic rings. The van der Waals surface area contributed by atoms with Crippen LogP contribution in [0, 0.1) is 0 Å². The highest BCUT2D eigenvalue weighted by Crippen LogP contribution is 2.22. The minimum absolute atomic E-state index is 0.00544. The third-order valence-corrected chi connectivity index (χ3v) is 3.34. The summed E-state index contributed by atoms with van der Waals surface area (Å²) in [6, 6.07) is 0.382. The van der Waals surface area contributed by atoms with Crippen LogP contribution in [0.1, 0.15) is 45.4 Å². The van der Waals surface area contributed by atoms with E-state index in [1.807, 2.05) is 0 Å². The molecule has 5 heteroatoms. The highest BCUT2D eigenvalue weighted by molar-refractivity contribution is 5.84. The molecule has 5 nitrogen and oxygen atoms in total. The Balaban J connectivity index is 1.71. The molecule has 0 spiro atoms. The number of ether oxygens (including phenoxy) is 1. The normalized spacial score (nSPS) is 26.4. The van der Waals surface area contributed by atoms with Gasteiger partial charge in [0.1, 0.15) is 6.10 Å². The molecule has 0 aromatic rings. The van der Waals surface area contributed by atoms with Crippen molar-refractivity contribution in [3.8, 4) is 0 Å². The van der Waals surface area contributed by atoms with Crippen LogP contribution in [0.3, 0.4) is 0 Å². The number of carbonyl (C=O) groups is 1. The van der Waals surface area contributed by atoms with E-state index in [1.54, 1.807) is 6.92 Å². The van der Waals surface area contributed by atoms with E-state index in [0.717, 1.165) is 44.2 Å². The molecular formula is C12H20N2O3. The summed E-state index contributed by atoms with van der Waals surface area (Å²) in [4.78, 5) is 11.7. The molecule has 1 unspecified atom stereocenters. The maximum absolute atomic E-state index is 11.7. The molecule has 0 aromatic heterocycles. The van der Waals surface area contributed by atoms with Gasteiger partial charge in [-0.2, -0.15) is 0 Å². The van der Waals surface area contributed by atoms with Crippen molar-refractivity contribution >= 4 is 11.6 Å². The second kappa shape index (κ2) is 5.49. The van der Waals surface area contributed by atoms with Crippen LogP contribution in [0.15, 0.2) is 5.16 Å². The maximum Gasteiger partial charge on any atom is 0.249 e. The van der Waals surface area contributed by atoms with E-state index in [-0.39, 0.29) is 18.1 Å². The molecule has 2 N–H and O–H groups in total. The maximum atomic E-state index is 11.7. The van der Waals surface area contributed by atoms with E-state index in [0.29, 0.717) is 6.04 Å². The summed E-state index contributed by atoms with van der Waals surface area (Å²) in [6.07, 6.45) is 5.11. The van der Waals surface area contributed by atoms with Crippen molar-refractivity contribution in [3.63, 3.8) is 0 Å². The van der Waals surface area contributed by atoms with Gasteiger partial charge in [0.25, 0.3) is 0 Å². The van der Waals surface area contributed by atoms with E-state index < -0.39 is 0 Å². The van der Waals surface area contributed by atoms with Gasteiger partial charge in [-0.25, -0.2) is 0 Å². The van der Waals surface area contributed by atoms with Gasteiger partial charge in [-0.1, -0.05) is 5.16 Å². The van der Waals surface area contributed by atoms with Gasteiger partial charge in [-0.3, -0.25) is 4.79 Å². The first-order valence-electron chi connectivity index (χ1n) is 6.34. The Hall–Kier alpha value is -1.10. The number of hydrogen-bond donors (Lipinski definition) is 2. The number of rotatable bonds is 4. The Bertz CT molecular complexity index is 303. The van der Waals surface area contributed by atoms with Crippen molar-refractivity contribution in [2.45, 2.75) is 63.7 Å². The lowest BCUT2D eigenvalue weighted by Gasteiger charge is -2.25. The fraction of sp³-hybridized carbons (Fsp3) is 0.833. The van der Waals surface area contributed by atoms with Crippen molar-refractivity contribution in [1.82, 2.24) is 5.32 Å². The number of carbonyl (C=O) groups excluding carboxylic acids is 1. The molecule has 0 radical (unpaired) electrons. The molecule has 1 amide bonds. The molecule has 0 bridgehead atoms. The van der Waals surface area contributed by atoms with E-state index in [2.05, 4.69) is 10.5 Å². The van der Waals surface area contributed by atoms with Crippen molar-refractivity contribution in [1.29, 1.82) is 0 Å². The summed E-state index contributed by atoms with van der Waals surface area (Å²) < 4.78 is 5.73. The standard InChI is InChI=1S/C12H20N2O3/c1-8(12(15)13-9-2-3-9)17-11-6-4-10(14-16)5-7-11/h8-9,11,16H,2-7H2,1H3,(H,13,15). The van der Waals surface area contributed by atoms with Gasteiger partial charge in [0.05, 0.1) is 11.8 Å². The zero-order chi connectivity index (χ0) is 12.3. The first-order chi connectivity index (χ1) is 8.19. The Morgan fingerprint density at radius 2 is 2.06 bits per heavy atom. The predicted octanol–water partition coefficient (Wildman–Crippen LogP) is 1.44. The van der Waals surface area contributed by atoms with Crippen LogP contribution >= 0.6 is 0 Å². The topological polar surface area (TPSA) is 70.9 Å². The van der Waals surface area contributed by atoms with E-state index in [4.69, 9.17) is 9.94 Å². The first-order valence-corrected chi connectivity index (χ1v) is 6.34. The molecule has 0 aliphatic heterocycles. The Morgan fingerprint density at radius 3 is 2.59 bits per heavy atom. The average molecular weight is 240 g/mol. The fourth-order valence-electron chi connectivity index (χ4n) is 2.06. The van der Waals surface area contributed by atoms with Crippen LogP contribution in [0.25, 0.3) is 0 Å². The lowest BCUT2D eigenvalue weighted by Crippen LogP contribution is -2.38. The summed E-state index contributed by atoms with van der Waals surface area (Å²) >= 11 is 0. The van der Waals surface area contributed by atoms with Crippen LogP contribution in [-0.4, -0.2) is 35.1 Å². The molecule has 2 rings (SSSR count). The zero-order valence-electron chi connectivity index (χ0n) is 10.2. The highest BCUT2D eigenvalue weighted by atomic mass is 16.5. The fourth-order valence-corrected chi connectivity index (χ4v) is 2.06. The SMILES string of the molecule is CC(OC1CCC(=NO)CC1)C(=O)NC1CC1. The summed E-state index contributed by atoms with van der Waals surface area (Å²) in [7, 11) is 0. The molecule has 2 saturated carbocycles. The van der Waals surface area contributed by atoms with Crippen molar-refractivity contribution < 1.29 is 14.7 Å². The van der Waals surface area contributed by atoms with Crippen LogP contribution in [-0.2, 0) is 9.53 Å². The summed E-state index contributed by atoms with van der Waals surface area (Å²) in [5.41, 5.74) is 0.833. The monoisotopic (exact) mass is 240 g/mol. The number of nitrogens with zero attached hydrogens (tertiary/aromatic N) is 1. The van der Waals surface area contributed by atoms with Crippen LogP contribution in [0.5, 0.6) is 0 Å². The Labute approximate surface area is 101 Å². The summed E-state index contributed by atoms with van der Waals surface area (Å²) in [6.45, 7) is 1.80. The van der Waals surface area contributed by atoms with Crippen LogP contribution < -0.4 is 5.32 Å². The lowest BCUT2D eigenvalue weighted by atomic mass is 9.96. The summed E-state index contributed by atoms with van der Waals surface area (Å²) in [5, 5.41) is 14.8. The van der Waals surface area contributed by atoms with Gasteiger partial charge in [-0.15, -0.1) is 0 Å². The van der Waals surface area contributed by atoms with Gasteiger partial charge < -0.3 is 15.3 Å². The molecule has 0 aromatic carbocycles. The third-order valence-electron chi connectivity index (χ3n) is 3.34. The quantitative estimate of drug-likeness (QED) is 0.577. The number of oxime groups is 1. The smallest absolute Gasteiger partial charge is 0.249 e. The minimum atomic E-state index is -0.381. The van der Waals surface area contributed by atoms with Crippen LogP contribution in [0.4, 0.5) is 0 Å². The number of amides is 1.